The van der Waals surface area contributed by atoms with Gasteiger partial charge in [-0.3, -0.25) is 9.59 Å². The summed E-state index contributed by atoms with van der Waals surface area (Å²) >= 11 is 0. The van der Waals surface area contributed by atoms with Gasteiger partial charge in [0.25, 0.3) is 0 Å². The maximum absolute atomic E-state index is 11.8. The molecule has 0 heterocycles. The van der Waals surface area contributed by atoms with Crippen molar-refractivity contribution in [3.8, 4) is 0 Å². The van der Waals surface area contributed by atoms with Gasteiger partial charge < -0.3 is 10.2 Å². The Balaban J connectivity index is 2.27. The number of hydrogen-bond acceptors (Lipinski definition) is 2. The van der Waals surface area contributed by atoms with Crippen LogP contribution in [0, 0.1) is 0 Å². The lowest BCUT2D eigenvalue weighted by Gasteiger charge is -2.24. The molecule has 0 fully saturated rings. The highest BCUT2D eigenvalue weighted by Gasteiger charge is 2.16. The molecule has 0 unspecified atom stereocenters. The topological polar surface area (TPSA) is 49.4 Å². The Bertz CT molecular complexity index is 348. The van der Waals surface area contributed by atoms with Crippen molar-refractivity contribution in [1.29, 1.82) is 0 Å². The average Bonchev–Trinajstić information content (AvgIpc) is 2.36. The fraction of sp³-hybridized carbons (Fsp3) is 0.733. The van der Waals surface area contributed by atoms with Gasteiger partial charge in [0.2, 0.25) is 11.8 Å². The van der Waals surface area contributed by atoms with Gasteiger partial charge in [-0.25, -0.2) is 0 Å². The van der Waals surface area contributed by atoms with E-state index in [1.807, 2.05) is 13.8 Å². The van der Waals surface area contributed by atoms with Crippen molar-refractivity contribution in [1.82, 2.24) is 10.2 Å². The molecule has 0 aromatic carbocycles. The molecule has 0 aliphatic heterocycles. The molecule has 2 amide bonds. The molecule has 0 radical (unpaired) electrons. The summed E-state index contributed by atoms with van der Waals surface area (Å²) in [5.74, 6) is -0.125. The van der Waals surface area contributed by atoms with Crippen molar-refractivity contribution in [2.24, 2.45) is 0 Å². The van der Waals surface area contributed by atoms with Crippen LogP contribution in [-0.4, -0.2) is 35.8 Å². The van der Waals surface area contributed by atoms with Gasteiger partial charge in [0, 0.05) is 19.5 Å². The predicted octanol–water partition coefficient (Wildman–Crippen LogP) is 2.25. The van der Waals surface area contributed by atoms with Crippen LogP contribution in [0.25, 0.3) is 0 Å². The van der Waals surface area contributed by atoms with E-state index >= 15 is 0 Å². The molecular weight excluding hydrogens is 240 g/mol. The van der Waals surface area contributed by atoms with Crippen LogP contribution in [-0.2, 0) is 9.59 Å². The zero-order valence-corrected chi connectivity index (χ0v) is 12.4. The summed E-state index contributed by atoms with van der Waals surface area (Å²) in [7, 11) is 0. The second-order valence-corrected chi connectivity index (χ2v) is 5.45. The van der Waals surface area contributed by atoms with Gasteiger partial charge in [-0.2, -0.15) is 0 Å². The highest BCUT2D eigenvalue weighted by Crippen LogP contribution is 2.19. The molecule has 1 aliphatic carbocycles. The molecule has 1 rings (SSSR count). The van der Waals surface area contributed by atoms with Gasteiger partial charge in [-0.15, -0.1) is 0 Å². The predicted molar refractivity (Wildman–Crippen MR) is 76.7 cm³/mol. The third-order valence-electron chi connectivity index (χ3n) is 3.50. The number of carbonyl (C=O) groups is 2. The molecule has 4 nitrogen and oxygen atoms in total. The van der Waals surface area contributed by atoms with E-state index in [0.29, 0.717) is 6.54 Å². The second-order valence-electron chi connectivity index (χ2n) is 5.45. The number of carbonyl (C=O) groups excluding carboxylic acids is 2. The molecule has 0 saturated carbocycles. The fourth-order valence-electron chi connectivity index (χ4n) is 2.36. The quantitative estimate of drug-likeness (QED) is 0.750. The van der Waals surface area contributed by atoms with Gasteiger partial charge >= 0.3 is 0 Å². The Hall–Kier alpha value is -1.32. The second kappa shape index (κ2) is 7.97. The first kappa shape index (κ1) is 15.7. The van der Waals surface area contributed by atoms with Crippen molar-refractivity contribution in [3.63, 3.8) is 0 Å². The maximum Gasteiger partial charge on any atom is 0.239 e. The van der Waals surface area contributed by atoms with Crippen LogP contribution in [0.1, 0.15) is 52.9 Å². The number of allylic oxidation sites excluding steroid dienone is 1. The summed E-state index contributed by atoms with van der Waals surface area (Å²) in [6.45, 7) is 6.17. The SMILES string of the molecule is CC(=O)N(CC(=O)NCCC1=CCCCC1)C(C)C. The lowest BCUT2D eigenvalue weighted by atomic mass is 9.97. The first-order chi connectivity index (χ1) is 9.00. The first-order valence-electron chi connectivity index (χ1n) is 7.22. The molecule has 0 aromatic heterocycles. The van der Waals surface area contributed by atoms with Crippen molar-refractivity contribution in [2.45, 2.75) is 58.9 Å². The zero-order valence-electron chi connectivity index (χ0n) is 12.4. The van der Waals surface area contributed by atoms with Crippen molar-refractivity contribution < 1.29 is 9.59 Å². The number of rotatable bonds is 6. The largest absolute Gasteiger partial charge is 0.354 e. The van der Waals surface area contributed by atoms with E-state index in [4.69, 9.17) is 0 Å². The first-order valence-corrected chi connectivity index (χ1v) is 7.22. The van der Waals surface area contributed by atoms with Crippen LogP contribution in [0.3, 0.4) is 0 Å². The molecular formula is C15H26N2O2. The van der Waals surface area contributed by atoms with Crippen LogP contribution in [0.15, 0.2) is 11.6 Å². The Kier molecular flexibility index (Phi) is 6.60. The molecule has 4 heteroatoms. The standard InChI is InChI=1S/C15H26N2O2/c1-12(2)17(13(3)18)11-15(19)16-10-9-14-7-5-4-6-8-14/h7,12H,4-6,8-11H2,1-3H3,(H,16,19). The van der Waals surface area contributed by atoms with E-state index in [1.165, 1.54) is 38.2 Å². The normalized spacial score (nSPS) is 15.1. The highest BCUT2D eigenvalue weighted by molar-refractivity contribution is 5.83. The molecule has 0 bridgehead atoms. The Morgan fingerprint density at radius 2 is 2.11 bits per heavy atom. The van der Waals surface area contributed by atoms with Gasteiger partial charge in [0.15, 0.2) is 0 Å². The third kappa shape index (κ3) is 5.90. The van der Waals surface area contributed by atoms with Crippen LogP contribution in [0.5, 0.6) is 0 Å². The summed E-state index contributed by atoms with van der Waals surface area (Å²) in [5, 5.41) is 2.90. The molecule has 19 heavy (non-hydrogen) atoms. The molecule has 0 saturated heterocycles. The van der Waals surface area contributed by atoms with E-state index in [9.17, 15) is 9.59 Å². The summed E-state index contributed by atoms with van der Waals surface area (Å²) in [4.78, 5) is 24.7. The molecule has 1 aliphatic rings. The number of nitrogens with one attached hydrogen (secondary N) is 1. The summed E-state index contributed by atoms with van der Waals surface area (Å²) in [6, 6.07) is 0.0595. The minimum Gasteiger partial charge on any atom is -0.354 e. The Morgan fingerprint density at radius 3 is 2.63 bits per heavy atom. The smallest absolute Gasteiger partial charge is 0.239 e. The fourth-order valence-corrected chi connectivity index (χ4v) is 2.36. The van der Waals surface area contributed by atoms with E-state index in [2.05, 4.69) is 11.4 Å². The van der Waals surface area contributed by atoms with Crippen molar-refractivity contribution in [2.75, 3.05) is 13.1 Å². The van der Waals surface area contributed by atoms with Gasteiger partial charge in [0.05, 0.1) is 6.54 Å². The van der Waals surface area contributed by atoms with Crippen molar-refractivity contribution in [3.05, 3.63) is 11.6 Å². The minimum atomic E-state index is -0.0692. The molecule has 1 N–H and O–H groups in total. The minimum absolute atomic E-state index is 0.0554. The highest BCUT2D eigenvalue weighted by atomic mass is 16.2. The molecule has 0 atom stereocenters. The maximum atomic E-state index is 11.8. The molecule has 0 aromatic rings. The Labute approximate surface area is 116 Å². The zero-order chi connectivity index (χ0) is 14.3. The summed E-state index contributed by atoms with van der Waals surface area (Å²) < 4.78 is 0. The number of nitrogens with zero attached hydrogens (tertiary/aromatic N) is 1. The number of amides is 2. The van der Waals surface area contributed by atoms with Crippen molar-refractivity contribution >= 4 is 11.8 Å². The van der Waals surface area contributed by atoms with E-state index in [0.717, 1.165) is 6.42 Å². The third-order valence-corrected chi connectivity index (χ3v) is 3.50. The van der Waals surface area contributed by atoms with E-state index in [-0.39, 0.29) is 24.4 Å². The van der Waals surface area contributed by atoms with Gasteiger partial charge in [-0.1, -0.05) is 11.6 Å². The van der Waals surface area contributed by atoms with Crippen LogP contribution in [0.2, 0.25) is 0 Å². The Morgan fingerprint density at radius 1 is 1.37 bits per heavy atom. The molecule has 0 spiro atoms. The lowest BCUT2D eigenvalue weighted by molar-refractivity contribution is -0.135. The van der Waals surface area contributed by atoms with Crippen LogP contribution >= 0.6 is 0 Å². The summed E-state index contributed by atoms with van der Waals surface area (Å²) in [5.41, 5.74) is 1.46. The lowest BCUT2D eigenvalue weighted by Crippen LogP contribution is -2.43. The van der Waals surface area contributed by atoms with Gasteiger partial charge in [0.1, 0.15) is 0 Å². The number of hydrogen-bond donors (Lipinski definition) is 1. The van der Waals surface area contributed by atoms with Gasteiger partial charge in [-0.05, 0) is 46.0 Å². The molecule has 108 valence electrons. The van der Waals surface area contributed by atoms with E-state index in [1.54, 1.807) is 4.90 Å². The monoisotopic (exact) mass is 266 g/mol. The van der Waals surface area contributed by atoms with E-state index < -0.39 is 0 Å². The van der Waals surface area contributed by atoms with Crippen LogP contribution in [0.4, 0.5) is 0 Å². The summed E-state index contributed by atoms with van der Waals surface area (Å²) in [6.07, 6.45) is 8.14. The van der Waals surface area contributed by atoms with Crippen LogP contribution < -0.4 is 5.32 Å². The average molecular weight is 266 g/mol.